The van der Waals surface area contributed by atoms with E-state index in [2.05, 4.69) is 0 Å². The lowest BCUT2D eigenvalue weighted by Gasteiger charge is -2.25. The average Bonchev–Trinajstić information content (AvgIpc) is 2.52. The molecule has 1 unspecified atom stereocenters. The van der Waals surface area contributed by atoms with Crippen molar-refractivity contribution in [3.05, 3.63) is 71.8 Å². The van der Waals surface area contributed by atoms with Gasteiger partial charge in [0, 0.05) is 11.0 Å². The van der Waals surface area contributed by atoms with Gasteiger partial charge in [0.25, 0.3) is 0 Å². The number of carbonyl (C=O) groups excluding carboxylic acids is 2. The van der Waals surface area contributed by atoms with Gasteiger partial charge in [-0.25, -0.2) is 4.79 Å². The number of carbonyl (C=O) groups is 2. The Bertz CT molecular complexity index is 639. The summed E-state index contributed by atoms with van der Waals surface area (Å²) in [7, 11) is 0. The first-order chi connectivity index (χ1) is 10.4. The molecule has 0 N–H and O–H groups in total. The predicted molar refractivity (Wildman–Crippen MR) is 85.5 cm³/mol. The van der Waals surface area contributed by atoms with E-state index in [0.29, 0.717) is 11.1 Å². The third-order valence-corrected chi connectivity index (χ3v) is 3.31. The predicted octanol–water partition coefficient (Wildman–Crippen LogP) is 4.20. The van der Waals surface area contributed by atoms with E-state index in [1.165, 1.54) is 0 Å². The van der Waals surface area contributed by atoms with Crippen molar-refractivity contribution in [2.45, 2.75) is 26.9 Å². The lowest BCUT2D eigenvalue weighted by molar-refractivity contribution is -0.135. The van der Waals surface area contributed by atoms with Gasteiger partial charge < -0.3 is 4.74 Å². The normalized spacial score (nSPS) is 12.5. The summed E-state index contributed by atoms with van der Waals surface area (Å²) in [6.07, 6.45) is -0.895. The van der Waals surface area contributed by atoms with Gasteiger partial charge in [0.15, 0.2) is 11.9 Å². The Labute approximate surface area is 130 Å². The van der Waals surface area contributed by atoms with Crippen LogP contribution in [0, 0.1) is 5.41 Å². The molecule has 1 atom stereocenters. The van der Waals surface area contributed by atoms with Crippen molar-refractivity contribution in [1.82, 2.24) is 0 Å². The number of Topliss-reactive ketones (excluding diaryl/α,β-unsaturated/α-hetero) is 1. The minimum atomic E-state index is -0.895. The highest BCUT2D eigenvalue weighted by atomic mass is 16.5. The van der Waals surface area contributed by atoms with Crippen LogP contribution in [0.4, 0.5) is 0 Å². The van der Waals surface area contributed by atoms with Crippen LogP contribution in [0.5, 0.6) is 0 Å². The maximum Gasteiger partial charge on any atom is 0.339 e. The highest BCUT2D eigenvalue weighted by Gasteiger charge is 2.33. The van der Waals surface area contributed by atoms with Gasteiger partial charge in [0.1, 0.15) is 0 Å². The summed E-state index contributed by atoms with van der Waals surface area (Å²) in [4.78, 5) is 24.9. The number of ether oxygens (including phenoxy) is 1. The third kappa shape index (κ3) is 3.82. The molecule has 0 heterocycles. The van der Waals surface area contributed by atoms with Crippen molar-refractivity contribution in [3.8, 4) is 0 Å². The van der Waals surface area contributed by atoms with Crippen molar-refractivity contribution in [1.29, 1.82) is 0 Å². The van der Waals surface area contributed by atoms with Gasteiger partial charge in [-0.15, -0.1) is 0 Å². The molecule has 0 saturated heterocycles. The van der Waals surface area contributed by atoms with Crippen LogP contribution in [0.15, 0.2) is 60.7 Å². The van der Waals surface area contributed by atoms with E-state index in [4.69, 9.17) is 4.74 Å². The maximum absolute atomic E-state index is 12.7. The second-order valence-corrected chi connectivity index (χ2v) is 6.18. The molecular formula is C19H20O3. The molecule has 0 amide bonds. The highest BCUT2D eigenvalue weighted by Crippen LogP contribution is 2.29. The molecule has 0 aliphatic heterocycles. The van der Waals surface area contributed by atoms with E-state index in [0.717, 1.165) is 0 Å². The molecule has 0 bridgehead atoms. The maximum atomic E-state index is 12.7. The van der Waals surface area contributed by atoms with Gasteiger partial charge >= 0.3 is 5.97 Å². The topological polar surface area (TPSA) is 43.4 Å². The standard InChI is InChI=1S/C19H20O3/c1-19(2,3)17(20)16(14-10-6-4-7-11-14)22-18(21)15-12-8-5-9-13-15/h4-13,16H,1-3H3. The molecule has 22 heavy (non-hydrogen) atoms. The van der Waals surface area contributed by atoms with Crippen LogP contribution in [0.2, 0.25) is 0 Å². The molecule has 2 aromatic rings. The summed E-state index contributed by atoms with van der Waals surface area (Å²) in [6, 6.07) is 17.8. The summed E-state index contributed by atoms with van der Waals surface area (Å²) < 4.78 is 5.52. The van der Waals surface area contributed by atoms with Gasteiger partial charge in [0.2, 0.25) is 0 Å². The molecule has 3 heteroatoms. The molecule has 3 nitrogen and oxygen atoms in total. The van der Waals surface area contributed by atoms with E-state index in [-0.39, 0.29) is 5.78 Å². The molecule has 0 aliphatic carbocycles. The van der Waals surface area contributed by atoms with Gasteiger partial charge in [-0.3, -0.25) is 4.79 Å². The fourth-order valence-corrected chi connectivity index (χ4v) is 2.04. The fraction of sp³-hybridized carbons (Fsp3) is 0.263. The zero-order valence-corrected chi connectivity index (χ0v) is 13.1. The van der Waals surface area contributed by atoms with Gasteiger partial charge in [-0.05, 0) is 12.1 Å². The zero-order chi connectivity index (χ0) is 16.2. The third-order valence-electron chi connectivity index (χ3n) is 3.31. The molecular weight excluding hydrogens is 276 g/mol. The largest absolute Gasteiger partial charge is 0.446 e. The summed E-state index contributed by atoms with van der Waals surface area (Å²) in [5, 5.41) is 0. The summed E-state index contributed by atoms with van der Waals surface area (Å²) in [6.45, 7) is 5.46. The van der Waals surface area contributed by atoms with Crippen molar-refractivity contribution >= 4 is 11.8 Å². The van der Waals surface area contributed by atoms with Gasteiger partial charge in [0.05, 0.1) is 5.56 Å². The zero-order valence-electron chi connectivity index (χ0n) is 13.1. The number of hydrogen-bond acceptors (Lipinski definition) is 3. The van der Waals surface area contributed by atoms with E-state index < -0.39 is 17.5 Å². The lowest BCUT2D eigenvalue weighted by Crippen LogP contribution is -2.30. The van der Waals surface area contributed by atoms with Crippen molar-refractivity contribution in [2.24, 2.45) is 5.41 Å². The molecule has 114 valence electrons. The van der Waals surface area contributed by atoms with E-state index >= 15 is 0 Å². The molecule has 0 aliphatic rings. The quantitative estimate of drug-likeness (QED) is 0.794. The molecule has 0 radical (unpaired) electrons. The monoisotopic (exact) mass is 296 g/mol. The van der Waals surface area contributed by atoms with Gasteiger partial charge in [-0.2, -0.15) is 0 Å². The second kappa shape index (κ2) is 6.56. The average molecular weight is 296 g/mol. The van der Waals surface area contributed by atoms with Crippen LogP contribution in [0.25, 0.3) is 0 Å². The molecule has 0 fully saturated rings. The molecule has 0 saturated carbocycles. The van der Waals surface area contributed by atoms with Crippen LogP contribution in [-0.4, -0.2) is 11.8 Å². The van der Waals surface area contributed by atoms with E-state index in [1.807, 2.05) is 45.0 Å². The Morgan fingerprint density at radius 1 is 0.864 bits per heavy atom. The SMILES string of the molecule is CC(C)(C)C(=O)C(OC(=O)c1ccccc1)c1ccccc1. The number of ketones is 1. The Balaban J connectivity index is 2.30. The Kier molecular flexibility index (Phi) is 4.76. The molecule has 0 aromatic heterocycles. The number of esters is 1. The van der Waals surface area contributed by atoms with Crippen LogP contribution >= 0.6 is 0 Å². The van der Waals surface area contributed by atoms with Crippen molar-refractivity contribution < 1.29 is 14.3 Å². The molecule has 0 spiro atoms. The lowest BCUT2D eigenvalue weighted by atomic mass is 9.85. The summed E-state index contributed by atoms with van der Waals surface area (Å²) in [5.74, 6) is -0.616. The van der Waals surface area contributed by atoms with Gasteiger partial charge in [-0.1, -0.05) is 69.3 Å². The van der Waals surface area contributed by atoms with E-state index in [9.17, 15) is 9.59 Å². The first-order valence-corrected chi connectivity index (χ1v) is 7.25. The van der Waals surface area contributed by atoms with Crippen molar-refractivity contribution in [3.63, 3.8) is 0 Å². The van der Waals surface area contributed by atoms with Crippen LogP contribution in [0.3, 0.4) is 0 Å². The molecule has 2 aromatic carbocycles. The van der Waals surface area contributed by atoms with E-state index in [1.54, 1.807) is 36.4 Å². The number of benzene rings is 2. The second-order valence-electron chi connectivity index (χ2n) is 6.18. The minimum absolute atomic E-state index is 0.122. The first kappa shape index (κ1) is 16.0. The summed E-state index contributed by atoms with van der Waals surface area (Å²) >= 11 is 0. The Morgan fingerprint density at radius 3 is 1.86 bits per heavy atom. The molecule has 2 rings (SSSR count). The van der Waals surface area contributed by atoms with Crippen LogP contribution in [0.1, 0.15) is 42.8 Å². The number of rotatable bonds is 4. The fourth-order valence-electron chi connectivity index (χ4n) is 2.04. The highest BCUT2D eigenvalue weighted by molar-refractivity contribution is 5.94. The van der Waals surface area contributed by atoms with Crippen LogP contribution in [-0.2, 0) is 9.53 Å². The summed E-state index contributed by atoms with van der Waals surface area (Å²) in [5.41, 5.74) is 0.522. The smallest absolute Gasteiger partial charge is 0.339 e. The number of hydrogen-bond donors (Lipinski definition) is 0. The van der Waals surface area contributed by atoms with Crippen LogP contribution < -0.4 is 0 Å². The minimum Gasteiger partial charge on any atom is -0.446 e. The Morgan fingerprint density at radius 2 is 1.36 bits per heavy atom. The van der Waals surface area contributed by atoms with Crippen molar-refractivity contribution in [2.75, 3.05) is 0 Å². The Hall–Kier alpha value is -2.42. The first-order valence-electron chi connectivity index (χ1n) is 7.25.